The number of likely N-dealkylation sites (N-methyl/N-ethyl adjacent to an activating group) is 1. The molecule has 1 rings (SSSR count). The van der Waals surface area contributed by atoms with Crippen molar-refractivity contribution in [2.24, 2.45) is 11.7 Å². The van der Waals surface area contributed by atoms with Crippen LogP contribution in [0, 0.1) is 5.92 Å². The molecule has 0 aromatic carbocycles. The van der Waals surface area contributed by atoms with E-state index in [2.05, 4.69) is 0 Å². The van der Waals surface area contributed by atoms with E-state index in [1.165, 1.54) is 32.1 Å². The highest BCUT2D eigenvalue weighted by Gasteiger charge is 2.17. The largest absolute Gasteiger partial charge is 0.342 e. The number of hydrogen-bond acceptors (Lipinski definition) is 2. The minimum absolute atomic E-state index is 0. The van der Waals surface area contributed by atoms with Crippen molar-refractivity contribution in [1.29, 1.82) is 0 Å². The lowest BCUT2D eigenvalue weighted by Gasteiger charge is -2.23. The summed E-state index contributed by atoms with van der Waals surface area (Å²) < 4.78 is 0. The Morgan fingerprint density at radius 2 is 2.00 bits per heavy atom. The summed E-state index contributed by atoms with van der Waals surface area (Å²) in [5.41, 5.74) is 5.55. The van der Waals surface area contributed by atoms with Crippen molar-refractivity contribution in [2.45, 2.75) is 57.9 Å². The van der Waals surface area contributed by atoms with E-state index in [-0.39, 0.29) is 24.4 Å². The second kappa shape index (κ2) is 8.76. The summed E-state index contributed by atoms with van der Waals surface area (Å²) in [6.07, 6.45) is 8.51. The normalized spacial score (nSPS) is 17.6. The van der Waals surface area contributed by atoms with Gasteiger partial charge in [-0.3, -0.25) is 4.79 Å². The van der Waals surface area contributed by atoms with Gasteiger partial charge in [0.25, 0.3) is 0 Å². The molecule has 4 heteroatoms. The third kappa shape index (κ3) is 5.73. The average molecular weight is 263 g/mol. The van der Waals surface area contributed by atoms with Gasteiger partial charge in [0, 0.05) is 26.1 Å². The minimum Gasteiger partial charge on any atom is -0.342 e. The number of amides is 1. The zero-order valence-corrected chi connectivity index (χ0v) is 12.0. The lowest BCUT2D eigenvalue weighted by Crippen LogP contribution is -2.39. The second-order valence-electron chi connectivity index (χ2n) is 5.13. The maximum atomic E-state index is 11.8. The first-order valence-corrected chi connectivity index (χ1v) is 6.61. The number of carbonyl (C=O) groups is 1. The van der Waals surface area contributed by atoms with Crippen LogP contribution < -0.4 is 5.73 Å². The maximum Gasteiger partial charge on any atom is 0.222 e. The minimum atomic E-state index is 0. The van der Waals surface area contributed by atoms with E-state index in [0.717, 1.165) is 12.3 Å². The molecule has 3 nitrogen and oxygen atoms in total. The van der Waals surface area contributed by atoms with Crippen molar-refractivity contribution in [2.75, 3.05) is 13.6 Å². The highest BCUT2D eigenvalue weighted by atomic mass is 35.5. The van der Waals surface area contributed by atoms with E-state index in [0.29, 0.717) is 13.0 Å². The van der Waals surface area contributed by atoms with Crippen molar-refractivity contribution >= 4 is 18.3 Å². The lowest BCUT2D eigenvalue weighted by molar-refractivity contribution is -0.131. The first-order chi connectivity index (χ1) is 7.65. The average Bonchev–Trinajstić information content (AvgIpc) is 2.79. The highest BCUT2D eigenvalue weighted by Crippen LogP contribution is 2.28. The van der Waals surface area contributed by atoms with Gasteiger partial charge in [-0.15, -0.1) is 12.4 Å². The van der Waals surface area contributed by atoms with E-state index in [1.807, 2.05) is 14.0 Å². The molecule has 1 saturated carbocycles. The van der Waals surface area contributed by atoms with Gasteiger partial charge in [0.1, 0.15) is 0 Å². The number of hydrogen-bond donors (Lipinski definition) is 1. The number of nitrogens with two attached hydrogens (primary N) is 1. The van der Waals surface area contributed by atoms with Gasteiger partial charge in [0.2, 0.25) is 5.91 Å². The van der Waals surface area contributed by atoms with E-state index in [1.54, 1.807) is 4.90 Å². The standard InChI is InChI=1S/C13H26N2O.ClH/c1-11(10-14)15(2)13(16)9-5-8-12-6-3-4-7-12;/h11-12H,3-10,14H2,1-2H3;1H. The van der Waals surface area contributed by atoms with Crippen molar-refractivity contribution in [1.82, 2.24) is 4.90 Å². The fourth-order valence-electron chi connectivity index (χ4n) is 2.42. The van der Waals surface area contributed by atoms with Crippen LogP contribution in [-0.2, 0) is 4.79 Å². The molecule has 1 atom stereocenters. The van der Waals surface area contributed by atoms with Crippen LogP contribution in [0.5, 0.6) is 0 Å². The quantitative estimate of drug-likeness (QED) is 0.800. The zero-order chi connectivity index (χ0) is 12.0. The van der Waals surface area contributed by atoms with Gasteiger partial charge in [-0.2, -0.15) is 0 Å². The highest BCUT2D eigenvalue weighted by molar-refractivity contribution is 5.85. The summed E-state index contributed by atoms with van der Waals surface area (Å²) in [6.45, 7) is 2.54. The molecule has 0 spiro atoms. The molecule has 2 N–H and O–H groups in total. The first-order valence-electron chi connectivity index (χ1n) is 6.61. The van der Waals surface area contributed by atoms with Gasteiger partial charge >= 0.3 is 0 Å². The fourth-order valence-corrected chi connectivity index (χ4v) is 2.42. The molecule has 0 aromatic rings. The molecule has 1 fully saturated rings. The summed E-state index contributed by atoms with van der Waals surface area (Å²) in [5, 5.41) is 0. The Morgan fingerprint density at radius 1 is 1.41 bits per heavy atom. The van der Waals surface area contributed by atoms with Crippen LogP contribution in [0.1, 0.15) is 51.9 Å². The maximum absolute atomic E-state index is 11.8. The molecule has 1 aliphatic rings. The molecular formula is C13H27ClN2O. The molecule has 17 heavy (non-hydrogen) atoms. The van der Waals surface area contributed by atoms with E-state index in [9.17, 15) is 4.79 Å². The molecule has 0 aliphatic heterocycles. The molecule has 102 valence electrons. The molecule has 1 unspecified atom stereocenters. The number of rotatable bonds is 6. The number of nitrogens with zero attached hydrogens (tertiary/aromatic N) is 1. The van der Waals surface area contributed by atoms with Crippen LogP contribution in [-0.4, -0.2) is 30.4 Å². The van der Waals surface area contributed by atoms with Crippen molar-refractivity contribution in [3.63, 3.8) is 0 Å². The SMILES string of the molecule is CC(CN)N(C)C(=O)CCCC1CCCC1.Cl. The zero-order valence-electron chi connectivity index (χ0n) is 11.2. The molecular weight excluding hydrogens is 236 g/mol. The Balaban J connectivity index is 0.00000256. The van der Waals surface area contributed by atoms with Crippen LogP contribution >= 0.6 is 12.4 Å². The molecule has 0 bridgehead atoms. The van der Waals surface area contributed by atoms with Crippen LogP contribution in [0.2, 0.25) is 0 Å². The van der Waals surface area contributed by atoms with Crippen molar-refractivity contribution in [3.8, 4) is 0 Å². The lowest BCUT2D eigenvalue weighted by atomic mass is 10.0. The van der Waals surface area contributed by atoms with Gasteiger partial charge in [-0.25, -0.2) is 0 Å². The fraction of sp³-hybridized carbons (Fsp3) is 0.923. The number of halogens is 1. The first kappa shape index (κ1) is 16.7. The molecule has 0 heterocycles. The molecule has 1 aliphatic carbocycles. The van der Waals surface area contributed by atoms with Gasteiger partial charge < -0.3 is 10.6 Å². The summed E-state index contributed by atoms with van der Waals surface area (Å²) in [7, 11) is 1.86. The van der Waals surface area contributed by atoms with E-state index >= 15 is 0 Å². The predicted molar refractivity (Wildman–Crippen MR) is 74.3 cm³/mol. The molecule has 0 radical (unpaired) electrons. The van der Waals surface area contributed by atoms with Crippen molar-refractivity contribution in [3.05, 3.63) is 0 Å². The van der Waals surface area contributed by atoms with Gasteiger partial charge in [-0.1, -0.05) is 25.7 Å². The van der Waals surface area contributed by atoms with E-state index < -0.39 is 0 Å². The third-order valence-corrected chi connectivity index (χ3v) is 3.87. The van der Waals surface area contributed by atoms with Crippen LogP contribution in [0.25, 0.3) is 0 Å². The smallest absolute Gasteiger partial charge is 0.222 e. The number of carbonyl (C=O) groups excluding carboxylic acids is 1. The van der Waals surface area contributed by atoms with Gasteiger partial charge in [-0.05, 0) is 25.7 Å². The summed E-state index contributed by atoms with van der Waals surface area (Å²) in [6, 6.07) is 0.166. The summed E-state index contributed by atoms with van der Waals surface area (Å²) in [5.74, 6) is 1.14. The second-order valence-corrected chi connectivity index (χ2v) is 5.13. The monoisotopic (exact) mass is 262 g/mol. The molecule has 0 saturated heterocycles. The van der Waals surface area contributed by atoms with E-state index in [4.69, 9.17) is 5.73 Å². The molecule has 0 aromatic heterocycles. The van der Waals surface area contributed by atoms with Crippen LogP contribution in [0.15, 0.2) is 0 Å². The van der Waals surface area contributed by atoms with Crippen LogP contribution in [0.3, 0.4) is 0 Å². The van der Waals surface area contributed by atoms with Crippen LogP contribution in [0.4, 0.5) is 0 Å². The summed E-state index contributed by atoms with van der Waals surface area (Å²) >= 11 is 0. The Morgan fingerprint density at radius 3 is 2.53 bits per heavy atom. The summed E-state index contributed by atoms with van der Waals surface area (Å²) in [4.78, 5) is 13.6. The van der Waals surface area contributed by atoms with Gasteiger partial charge in [0.15, 0.2) is 0 Å². The Kier molecular flexibility index (Phi) is 8.61. The Hall–Kier alpha value is -0.280. The Bertz CT molecular complexity index is 217. The van der Waals surface area contributed by atoms with Gasteiger partial charge in [0.05, 0.1) is 0 Å². The third-order valence-electron chi connectivity index (χ3n) is 3.87. The van der Waals surface area contributed by atoms with Crippen molar-refractivity contribution < 1.29 is 4.79 Å². The molecule has 1 amide bonds. The topological polar surface area (TPSA) is 46.3 Å². The Labute approximate surface area is 112 Å². The predicted octanol–water partition coefficient (Wildman–Crippen LogP) is 2.57.